The summed E-state index contributed by atoms with van der Waals surface area (Å²) < 4.78 is 0. The molecule has 1 heterocycles. The number of nitrogens with zero attached hydrogens (tertiary/aromatic N) is 1. The predicted octanol–water partition coefficient (Wildman–Crippen LogP) is 0.922. The monoisotopic (exact) mass is 214 g/mol. The quantitative estimate of drug-likeness (QED) is 0.692. The van der Waals surface area contributed by atoms with Gasteiger partial charge in [0.1, 0.15) is 0 Å². The van der Waals surface area contributed by atoms with Gasteiger partial charge in [-0.05, 0) is 12.8 Å². The minimum absolute atomic E-state index is 0.0341. The molecule has 0 fully saturated rings. The maximum atomic E-state index is 11.2. The number of nitrogens with one attached hydrogen (secondary N) is 1. The molecule has 4 nitrogen and oxygen atoms in total. The summed E-state index contributed by atoms with van der Waals surface area (Å²) in [7, 11) is 0. The molecule has 14 heavy (non-hydrogen) atoms. The normalized spacial score (nSPS) is 10.1. The van der Waals surface area contributed by atoms with Gasteiger partial charge in [-0.1, -0.05) is 0 Å². The van der Waals surface area contributed by atoms with Crippen molar-refractivity contribution >= 4 is 17.2 Å². The van der Waals surface area contributed by atoms with Crippen molar-refractivity contribution in [3.05, 3.63) is 16.6 Å². The number of aliphatic hydroxyl groups is 1. The third-order valence-corrected chi connectivity index (χ3v) is 2.53. The molecular formula is C9H14N2O2S. The van der Waals surface area contributed by atoms with Crippen molar-refractivity contribution in [1.29, 1.82) is 0 Å². The minimum Gasteiger partial charge on any atom is -0.396 e. The summed E-state index contributed by atoms with van der Waals surface area (Å²) >= 11 is 1.53. The molecule has 0 aliphatic heterocycles. The molecule has 1 amide bonds. The Balaban J connectivity index is 2.09. The molecule has 0 unspecified atom stereocenters. The Labute approximate surface area is 87.0 Å². The molecular weight excluding hydrogens is 200 g/mol. The van der Waals surface area contributed by atoms with E-state index < -0.39 is 0 Å². The van der Waals surface area contributed by atoms with Crippen LogP contribution in [0.15, 0.2) is 11.7 Å². The van der Waals surface area contributed by atoms with E-state index in [0.717, 1.165) is 11.3 Å². The molecule has 0 aliphatic carbocycles. The van der Waals surface area contributed by atoms with E-state index in [1.807, 2.05) is 0 Å². The zero-order valence-corrected chi connectivity index (χ0v) is 8.72. The maximum absolute atomic E-state index is 11.2. The van der Waals surface area contributed by atoms with Crippen LogP contribution in [-0.4, -0.2) is 22.6 Å². The fourth-order valence-electron chi connectivity index (χ4n) is 1.00. The zero-order valence-electron chi connectivity index (χ0n) is 7.90. The average Bonchev–Trinajstić information content (AvgIpc) is 2.68. The fraction of sp³-hybridized carbons (Fsp3) is 0.556. The molecule has 2 N–H and O–H groups in total. The average molecular weight is 214 g/mol. The molecule has 0 spiro atoms. The van der Waals surface area contributed by atoms with Crippen molar-refractivity contribution < 1.29 is 9.90 Å². The highest BCUT2D eigenvalue weighted by Gasteiger charge is 2.01. The number of amides is 1. The molecule has 0 saturated carbocycles. The number of hydrogen-bond acceptors (Lipinski definition) is 4. The van der Waals surface area contributed by atoms with Crippen LogP contribution < -0.4 is 5.32 Å². The second-order valence-electron chi connectivity index (χ2n) is 2.93. The van der Waals surface area contributed by atoms with Crippen LogP contribution in [0.4, 0.5) is 0 Å². The Bertz CT molecular complexity index is 262. The van der Waals surface area contributed by atoms with E-state index in [0.29, 0.717) is 19.4 Å². The third kappa shape index (κ3) is 4.34. The van der Waals surface area contributed by atoms with E-state index in [2.05, 4.69) is 10.3 Å². The lowest BCUT2D eigenvalue weighted by Crippen LogP contribution is -2.21. The van der Waals surface area contributed by atoms with E-state index in [4.69, 9.17) is 5.11 Å². The lowest BCUT2D eigenvalue weighted by molar-refractivity contribution is -0.121. The molecule has 0 saturated heterocycles. The SMILES string of the molecule is O=C(CCCCO)NCc1cncs1. The molecule has 5 heteroatoms. The number of aromatic nitrogens is 1. The van der Waals surface area contributed by atoms with Crippen molar-refractivity contribution in [1.82, 2.24) is 10.3 Å². The van der Waals surface area contributed by atoms with Crippen LogP contribution in [0.1, 0.15) is 24.1 Å². The van der Waals surface area contributed by atoms with Crippen LogP contribution in [-0.2, 0) is 11.3 Å². The number of unbranched alkanes of at least 4 members (excludes halogenated alkanes) is 1. The number of rotatable bonds is 6. The van der Waals surface area contributed by atoms with Crippen molar-refractivity contribution in [3.8, 4) is 0 Å². The number of carbonyl (C=O) groups is 1. The first-order valence-electron chi connectivity index (χ1n) is 4.58. The van der Waals surface area contributed by atoms with Gasteiger partial charge in [-0.3, -0.25) is 9.78 Å². The Morgan fingerprint density at radius 3 is 3.07 bits per heavy atom. The smallest absolute Gasteiger partial charge is 0.220 e. The van der Waals surface area contributed by atoms with Gasteiger partial charge in [-0.15, -0.1) is 11.3 Å². The predicted molar refractivity (Wildman–Crippen MR) is 54.9 cm³/mol. The zero-order chi connectivity index (χ0) is 10.2. The molecule has 78 valence electrons. The van der Waals surface area contributed by atoms with Gasteiger partial charge in [-0.2, -0.15) is 0 Å². The highest BCUT2D eigenvalue weighted by atomic mass is 32.1. The summed E-state index contributed by atoms with van der Waals surface area (Å²) in [5.74, 6) is 0.0341. The summed E-state index contributed by atoms with van der Waals surface area (Å²) in [4.78, 5) is 16.2. The fourth-order valence-corrected chi connectivity index (χ4v) is 1.54. The Kier molecular flexibility index (Phi) is 5.17. The first-order valence-corrected chi connectivity index (χ1v) is 5.46. The Morgan fingerprint density at radius 2 is 2.43 bits per heavy atom. The molecule has 1 aromatic rings. The number of carbonyl (C=O) groups excluding carboxylic acids is 1. The van der Waals surface area contributed by atoms with Crippen LogP contribution >= 0.6 is 11.3 Å². The van der Waals surface area contributed by atoms with Gasteiger partial charge in [0.25, 0.3) is 0 Å². The lowest BCUT2D eigenvalue weighted by atomic mass is 10.2. The van der Waals surface area contributed by atoms with Gasteiger partial charge < -0.3 is 10.4 Å². The number of aliphatic hydroxyl groups excluding tert-OH is 1. The van der Waals surface area contributed by atoms with E-state index in [1.54, 1.807) is 11.7 Å². The van der Waals surface area contributed by atoms with E-state index in [-0.39, 0.29) is 12.5 Å². The number of hydrogen-bond donors (Lipinski definition) is 2. The van der Waals surface area contributed by atoms with E-state index in [9.17, 15) is 4.79 Å². The highest BCUT2D eigenvalue weighted by molar-refractivity contribution is 7.09. The highest BCUT2D eigenvalue weighted by Crippen LogP contribution is 2.04. The summed E-state index contributed by atoms with van der Waals surface area (Å²) in [6.07, 6.45) is 3.66. The second-order valence-corrected chi connectivity index (χ2v) is 3.90. The maximum Gasteiger partial charge on any atom is 0.220 e. The standard InChI is InChI=1S/C9H14N2O2S/c12-4-2-1-3-9(13)11-6-8-5-10-7-14-8/h5,7,12H,1-4,6H2,(H,11,13). The van der Waals surface area contributed by atoms with Crippen molar-refractivity contribution in [2.24, 2.45) is 0 Å². The van der Waals surface area contributed by atoms with Gasteiger partial charge in [-0.25, -0.2) is 0 Å². The lowest BCUT2D eigenvalue weighted by Gasteiger charge is -2.01. The number of thiazole rings is 1. The molecule has 1 aromatic heterocycles. The largest absolute Gasteiger partial charge is 0.396 e. The van der Waals surface area contributed by atoms with Crippen LogP contribution in [0.3, 0.4) is 0 Å². The summed E-state index contributed by atoms with van der Waals surface area (Å²) in [5, 5.41) is 11.3. The molecule has 1 rings (SSSR count). The Morgan fingerprint density at radius 1 is 1.57 bits per heavy atom. The van der Waals surface area contributed by atoms with Crippen molar-refractivity contribution in [2.75, 3.05) is 6.61 Å². The van der Waals surface area contributed by atoms with Gasteiger partial charge in [0.2, 0.25) is 5.91 Å². The van der Waals surface area contributed by atoms with Crippen molar-refractivity contribution in [3.63, 3.8) is 0 Å². The summed E-state index contributed by atoms with van der Waals surface area (Å²) in [6.45, 7) is 0.713. The molecule has 0 aliphatic rings. The van der Waals surface area contributed by atoms with Gasteiger partial charge >= 0.3 is 0 Å². The van der Waals surface area contributed by atoms with Crippen LogP contribution in [0.5, 0.6) is 0 Å². The van der Waals surface area contributed by atoms with E-state index >= 15 is 0 Å². The van der Waals surface area contributed by atoms with Crippen LogP contribution in [0.25, 0.3) is 0 Å². The summed E-state index contributed by atoms with van der Waals surface area (Å²) in [5.41, 5.74) is 1.74. The van der Waals surface area contributed by atoms with Gasteiger partial charge in [0.15, 0.2) is 0 Å². The minimum atomic E-state index is 0.0341. The Hall–Kier alpha value is -0.940. The topological polar surface area (TPSA) is 62.2 Å². The molecule has 0 radical (unpaired) electrons. The van der Waals surface area contributed by atoms with Crippen molar-refractivity contribution in [2.45, 2.75) is 25.8 Å². The van der Waals surface area contributed by atoms with Crippen LogP contribution in [0, 0.1) is 0 Å². The third-order valence-electron chi connectivity index (χ3n) is 1.76. The van der Waals surface area contributed by atoms with Crippen LogP contribution in [0.2, 0.25) is 0 Å². The van der Waals surface area contributed by atoms with E-state index in [1.165, 1.54) is 11.3 Å². The van der Waals surface area contributed by atoms with Gasteiger partial charge in [0.05, 0.1) is 12.1 Å². The molecule has 0 bridgehead atoms. The molecule has 0 aromatic carbocycles. The molecule has 0 atom stereocenters. The summed E-state index contributed by atoms with van der Waals surface area (Å²) in [6, 6.07) is 0. The first-order chi connectivity index (χ1) is 6.83. The first kappa shape index (κ1) is 11.1. The van der Waals surface area contributed by atoms with Gasteiger partial charge in [0, 0.05) is 24.1 Å². The second kappa shape index (κ2) is 6.50.